The van der Waals surface area contributed by atoms with E-state index in [1.54, 1.807) is 14.2 Å². The van der Waals surface area contributed by atoms with E-state index in [4.69, 9.17) is 21.7 Å². The summed E-state index contributed by atoms with van der Waals surface area (Å²) in [5.41, 5.74) is 2.22. The Labute approximate surface area is 166 Å². The number of benzene rings is 2. The summed E-state index contributed by atoms with van der Waals surface area (Å²) in [7, 11) is 3.35. The molecule has 0 aromatic heterocycles. The van der Waals surface area contributed by atoms with Crippen LogP contribution in [-0.4, -0.2) is 43.9 Å². The molecule has 2 aromatic carbocycles. The summed E-state index contributed by atoms with van der Waals surface area (Å²) >= 11 is 5.49. The van der Waals surface area contributed by atoms with Crippen LogP contribution in [0.2, 0.25) is 0 Å². The largest absolute Gasteiger partial charge is 0.497 e. The van der Waals surface area contributed by atoms with E-state index < -0.39 is 0 Å². The number of methoxy groups -OCH3 is 2. The Bertz CT molecular complexity index is 728. The van der Waals surface area contributed by atoms with Crippen LogP contribution < -0.4 is 20.1 Å². The molecule has 0 spiro atoms. The first-order valence-electron chi connectivity index (χ1n) is 9.26. The van der Waals surface area contributed by atoms with E-state index in [1.165, 1.54) is 18.4 Å². The molecule has 0 bridgehead atoms. The third-order valence-electron chi connectivity index (χ3n) is 4.89. The average Bonchev–Trinajstić information content (AvgIpc) is 3.24. The standard InChI is InChI=1S/C21H27N3O2S/c1-25-18-9-5-16(6-10-18)20(24-13-3-4-14-24)15-22-21(27)23-17-7-11-19(26-2)12-8-17/h5-12,20H,3-4,13-15H2,1-2H3,(H2,22,23,27). The molecule has 1 atom stereocenters. The van der Waals surface area contributed by atoms with Gasteiger partial charge in [0.05, 0.1) is 20.3 Å². The number of ether oxygens (including phenoxy) is 2. The summed E-state index contributed by atoms with van der Waals surface area (Å²) in [4.78, 5) is 2.52. The maximum absolute atomic E-state index is 5.49. The molecular formula is C21H27N3O2S. The van der Waals surface area contributed by atoms with Gasteiger partial charge in [-0.25, -0.2) is 0 Å². The van der Waals surface area contributed by atoms with E-state index in [9.17, 15) is 0 Å². The highest BCUT2D eigenvalue weighted by molar-refractivity contribution is 7.80. The van der Waals surface area contributed by atoms with Crippen molar-refractivity contribution >= 4 is 23.0 Å². The van der Waals surface area contributed by atoms with E-state index in [-0.39, 0.29) is 6.04 Å². The third kappa shape index (κ3) is 5.34. The molecule has 0 saturated carbocycles. The number of anilines is 1. The minimum absolute atomic E-state index is 0.286. The third-order valence-corrected chi connectivity index (χ3v) is 5.13. The number of hydrogen-bond donors (Lipinski definition) is 2. The van der Waals surface area contributed by atoms with Gasteiger partial charge in [0.15, 0.2) is 5.11 Å². The van der Waals surface area contributed by atoms with Crippen molar-refractivity contribution < 1.29 is 9.47 Å². The molecule has 0 amide bonds. The van der Waals surface area contributed by atoms with Gasteiger partial charge in [0, 0.05) is 12.2 Å². The monoisotopic (exact) mass is 385 g/mol. The molecule has 1 heterocycles. The van der Waals surface area contributed by atoms with Gasteiger partial charge in [0.2, 0.25) is 0 Å². The predicted molar refractivity (Wildman–Crippen MR) is 114 cm³/mol. The van der Waals surface area contributed by atoms with Crippen LogP contribution in [0.15, 0.2) is 48.5 Å². The van der Waals surface area contributed by atoms with Crippen molar-refractivity contribution in [2.45, 2.75) is 18.9 Å². The van der Waals surface area contributed by atoms with Gasteiger partial charge in [0.25, 0.3) is 0 Å². The number of thiocarbonyl (C=S) groups is 1. The number of hydrogen-bond acceptors (Lipinski definition) is 4. The summed E-state index contributed by atoms with van der Waals surface area (Å²) < 4.78 is 10.5. The zero-order chi connectivity index (χ0) is 19.1. The Hall–Kier alpha value is -2.31. The van der Waals surface area contributed by atoms with Gasteiger partial charge < -0.3 is 20.1 Å². The second-order valence-corrected chi connectivity index (χ2v) is 7.00. The Kier molecular flexibility index (Phi) is 6.90. The summed E-state index contributed by atoms with van der Waals surface area (Å²) in [5.74, 6) is 1.71. The molecule has 2 N–H and O–H groups in total. The molecule has 1 aliphatic rings. The quantitative estimate of drug-likeness (QED) is 0.707. The van der Waals surface area contributed by atoms with Crippen LogP contribution in [0.1, 0.15) is 24.4 Å². The fourth-order valence-corrected chi connectivity index (χ4v) is 3.58. The molecule has 2 aromatic rings. The molecule has 144 valence electrons. The lowest BCUT2D eigenvalue weighted by Crippen LogP contribution is -2.38. The van der Waals surface area contributed by atoms with Gasteiger partial charge in [0.1, 0.15) is 11.5 Å². The second kappa shape index (κ2) is 9.58. The van der Waals surface area contributed by atoms with Gasteiger partial charge in [-0.3, -0.25) is 4.90 Å². The smallest absolute Gasteiger partial charge is 0.170 e. The maximum Gasteiger partial charge on any atom is 0.170 e. The highest BCUT2D eigenvalue weighted by Gasteiger charge is 2.23. The molecule has 3 rings (SSSR count). The van der Waals surface area contributed by atoms with Crippen LogP contribution in [-0.2, 0) is 0 Å². The average molecular weight is 386 g/mol. The molecular weight excluding hydrogens is 358 g/mol. The summed E-state index contributed by atoms with van der Waals surface area (Å²) in [5, 5.41) is 7.24. The van der Waals surface area contributed by atoms with Crippen LogP contribution in [0, 0.1) is 0 Å². The first-order valence-corrected chi connectivity index (χ1v) is 9.67. The molecule has 1 fully saturated rings. The molecule has 27 heavy (non-hydrogen) atoms. The van der Waals surface area contributed by atoms with E-state index in [0.717, 1.165) is 36.8 Å². The van der Waals surface area contributed by atoms with Crippen LogP contribution in [0.25, 0.3) is 0 Å². The van der Waals surface area contributed by atoms with Crippen molar-refractivity contribution in [3.8, 4) is 11.5 Å². The Morgan fingerprint density at radius 3 is 2.07 bits per heavy atom. The molecule has 6 heteroatoms. The van der Waals surface area contributed by atoms with Crippen molar-refractivity contribution in [3.05, 3.63) is 54.1 Å². The highest BCUT2D eigenvalue weighted by atomic mass is 32.1. The van der Waals surface area contributed by atoms with Gasteiger partial charge in [-0.05, 0) is 80.1 Å². The van der Waals surface area contributed by atoms with Gasteiger partial charge >= 0.3 is 0 Å². The number of nitrogens with zero attached hydrogens (tertiary/aromatic N) is 1. The van der Waals surface area contributed by atoms with E-state index in [2.05, 4.69) is 27.7 Å². The van der Waals surface area contributed by atoms with E-state index in [1.807, 2.05) is 36.4 Å². The van der Waals surface area contributed by atoms with Crippen molar-refractivity contribution in [1.82, 2.24) is 10.2 Å². The highest BCUT2D eigenvalue weighted by Crippen LogP contribution is 2.26. The molecule has 0 radical (unpaired) electrons. The molecule has 1 aliphatic heterocycles. The molecule has 5 nitrogen and oxygen atoms in total. The van der Waals surface area contributed by atoms with Crippen LogP contribution >= 0.6 is 12.2 Å². The van der Waals surface area contributed by atoms with Crippen molar-refractivity contribution in [3.63, 3.8) is 0 Å². The van der Waals surface area contributed by atoms with Crippen LogP contribution in [0.5, 0.6) is 11.5 Å². The molecule has 1 saturated heterocycles. The summed E-state index contributed by atoms with van der Waals surface area (Å²) in [6, 6.07) is 16.3. The number of rotatable bonds is 7. The van der Waals surface area contributed by atoms with Crippen LogP contribution in [0.3, 0.4) is 0 Å². The minimum Gasteiger partial charge on any atom is -0.497 e. The zero-order valence-electron chi connectivity index (χ0n) is 15.9. The summed E-state index contributed by atoms with van der Waals surface area (Å²) in [6.07, 6.45) is 2.50. The van der Waals surface area contributed by atoms with E-state index in [0.29, 0.717) is 5.11 Å². The maximum atomic E-state index is 5.49. The fraction of sp³-hybridized carbons (Fsp3) is 0.381. The van der Waals surface area contributed by atoms with Crippen molar-refractivity contribution in [2.75, 3.05) is 39.2 Å². The Morgan fingerprint density at radius 1 is 0.963 bits per heavy atom. The Morgan fingerprint density at radius 2 is 1.52 bits per heavy atom. The van der Waals surface area contributed by atoms with Gasteiger partial charge in [-0.15, -0.1) is 0 Å². The number of nitrogens with one attached hydrogen (secondary N) is 2. The van der Waals surface area contributed by atoms with Gasteiger partial charge in [-0.2, -0.15) is 0 Å². The van der Waals surface area contributed by atoms with E-state index >= 15 is 0 Å². The number of likely N-dealkylation sites (tertiary alicyclic amines) is 1. The first kappa shape index (κ1) is 19.5. The summed E-state index contributed by atoms with van der Waals surface area (Å²) in [6.45, 7) is 3.00. The topological polar surface area (TPSA) is 45.8 Å². The lowest BCUT2D eigenvalue weighted by molar-refractivity contribution is 0.246. The van der Waals surface area contributed by atoms with Crippen molar-refractivity contribution in [2.24, 2.45) is 0 Å². The fourth-order valence-electron chi connectivity index (χ4n) is 3.38. The predicted octanol–water partition coefficient (Wildman–Crippen LogP) is 3.83. The lowest BCUT2D eigenvalue weighted by Gasteiger charge is -2.29. The van der Waals surface area contributed by atoms with Crippen LogP contribution in [0.4, 0.5) is 5.69 Å². The second-order valence-electron chi connectivity index (χ2n) is 6.60. The van der Waals surface area contributed by atoms with Crippen molar-refractivity contribution in [1.29, 1.82) is 0 Å². The zero-order valence-corrected chi connectivity index (χ0v) is 16.7. The van der Waals surface area contributed by atoms with Gasteiger partial charge in [-0.1, -0.05) is 12.1 Å². The first-order chi connectivity index (χ1) is 13.2. The molecule has 1 unspecified atom stereocenters. The SMILES string of the molecule is COc1ccc(NC(=S)NCC(c2ccc(OC)cc2)N2CCCC2)cc1. The normalized spacial score (nSPS) is 15.2. The minimum atomic E-state index is 0.286. The molecule has 0 aliphatic carbocycles. The Balaban J connectivity index is 1.61. The lowest BCUT2D eigenvalue weighted by atomic mass is 10.1.